The summed E-state index contributed by atoms with van der Waals surface area (Å²) in [4.78, 5) is 12.8. The topological polar surface area (TPSA) is 83.5 Å². The summed E-state index contributed by atoms with van der Waals surface area (Å²) in [6.45, 7) is 0. The fraction of sp³-hybridized carbons (Fsp3) is 0.188. The van der Waals surface area contributed by atoms with Crippen molar-refractivity contribution >= 4 is 50.5 Å². The maximum Gasteiger partial charge on any atom is 0.257 e. The Morgan fingerprint density at radius 1 is 1.16 bits per heavy atom. The second kappa shape index (κ2) is 6.68. The molecule has 1 unspecified atom stereocenters. The van der Waals surface area contributed by atoms with Crippen LogP contribution in [0.25, 0.3) is 0 Å². The zero-order chi connectivity index (χ0) is 18.4. The molecule has 0 bridgehead atoms. The summed E-state index contributed by atoms with van der Waals surface area (Å²) in [5.41, 5.74) is 0.246. The van der Waals surface area contributed by atoms with Gasteiger partial charge in [-0.1, -0.05) is 53.0 Å². The fourth-order valence-corrected chi connectivity index (χ4v) is 5.08. The fourth-order valence-electron chi connectivity index (χ4n) is 2.76. The highest BCUT2D eigenvalue weighted by Crippen LogP contribution is 2.39. The number of hydrogen-bond acceptors (Lipinski definition) is 4. The molecule has 0 spiro atoms. The predicted octanol–water partition coefficient (Wildman–Crippen LogP) is 4.00. The molecule has 9 heteroatoms. The van der Waals surface area contributed by atoms with E-state index < -0.39 is 27.5 Å². The van der Waals surface area contributed by atoms with Crippen LogP contribution in [0.2, 0.25) is 15.1 Å². The summed E-state index contributed by atoms with van der Waals surface area (Å²) in [6.07, 6.45) is 0.206. The summed E-state index contributed by atoms with van der Waals surface area (Å²) in [5, 5.41) is 12.5. The van der Waals surface area contributed by atoms with E-state index in [1.54, 1.807) is 18.2 Å². The number of carbonyl (C=O) groups excluding carboxylic acids is 1. The Labute approximate surface area is 159 Å². The second-order valence-corrected chi connectivity index (χ2v) is 8.82. The van der Waals surface area contributed by atoms with Gasteiger partial charge in [0.25, 0.3) is 5.91 Å². The van der Waals surface area contributed by atoms with E-state index in [1.807, 2.05) is 0 Å². The van der Waals surface area contributed by atoms with Gasteiger partial charge in [0.1, 0.15) is 11.3 Å². The van der Waals surface area contributed by atoms with Gasteiger partial charge in [-0.2, -0.15) is 0 Å². The zero-order valence-corrected chi connectivity index (χ0v) is 15.7. The SMILES string of the molecule is O=C(NC1CCS(=O)(=O)c2ccccc21)c1c(O)c(Cl)cc(Cl)c1Cl. The molecule has 2 aromatic rings. The highest BCUT2D eigenvalue weighted by atomic mass is 35.5. The first-order chi connectivity index (χ1) is 11.7. The maximum absolute atomic E-state index is 12.6. The lowest BCUT2D eigenvalue weighted by Crippen LogP contribution is -2.34. The molecule has 0 aliphatic carbocycles. The molecule has 2 aromatic carbocycles. The summed E-state index contributed by atoms with van der Waals surface area (Å²) >= 11 is 17.8. The monoisotopic (exact) mass is 419 g/mol. The van der Waals surface area contributed by atoms with Crippen LogP contribution in [0.15, 0.2) is 35.2 Å². The van der Waals surface area contributed by atoms with Crippen LogP contribution in [0.5, 0.6) is 5.75 Å². The molecular weight excluding hydrogens is 409 g/mol. The normalized spacial score (nSPS) is 18.4. The number of halogens is 3. The number of rotatable bonds is 2. The Morgan fingerprint density at radius 3 is 2.56 bits per heavy atom. The molecule has 2 N–H and O–H groups in total. The number of hydrogen-bond donors (Lipinski definition) is 2. The summed E-state index contributed by atoms with van der Waals surface area (Å²) in [6, 6.07) is 7.16. The van der Waals surface area contributed by atoms with Crippen molar-refractivity contribution in [3.05, 3.63) is 56.5 Å². The van der Waals surface area contributed by atoms with Gasteiger partial charge >= 0.3 is 0 Å². The van der Waals surface area contributed by atoms with Crippen molar-refractivity contribution in [3.8, 4) is 5.75 Å². The molecule has 1 atom stereocenters. The molecule has 1 heterocycles. The van der Waals surface area contributed by atoms with Crippen LogP contribution < -0.4 is 5.32 Å². The molecule has 0 aromatic heterocycles. The number of carbonyl (C=O) groups is 1. The smallest absolute Gasteiger partial charge is 0.257 e. The average molecular weight is 421 g/mol. The third-order valence-corrected chi connectivity index (χ3v) is 6.87. The number of nitrogens with one attached hydrogen (secondary N) is 1. The van der Waals surface area contributed by atoms with Crippen LogP contribution in [0, 0.1) is 0 Å². The molecule has 0 fully saturated rings. The van der Waals surface area contributed by atoms with E-state index in [4.69, 9.17) is 34.8 Å². The molecule has 25 heavy (non-hydrogen) atoms. The van der Waals surface area contributed by atoms with Crippen molar-refractivity contribution in [3.63, 3.8) is 0 Å². The third kappa shape index (κ3) is 3.31. The molecule has 3 rings (SSSR count). The Kier molecular flexibility index (Phi) is 4.90. The number of amides is 1. The minimum absolute atomic E-state index is 0.0289. The van der Waals surface area contributed by atoms with Gasteiger partial charge in [-0.3, -0.25) is 4.79 Å². The number of phenols is 1. The molecule has 1 aliphatic rings. The van der Waals surface area contributed by atoms with Gasteiger partial charge in [0.05, 0.1) is 31.8 Å². The molecule has 0 radical (unpaired) electrons. The van der Waals surface area contributed by atoms with E-state index in [0.29, 0.717) is 5.56 Å². The quantitative estimate of drug-likeness (QED) is 0.719. The highest BCUT2D eigenvalue weighted by molar-refractivity contribution is 7.91. The Morgan fingerprint density at radius 2 is 1.84 bits per heavy atom. The molecule has 5 nitrogen and oxygen atoms in total. The number of phenolic OH excluding ortho intramolecular Hbond substituents is 1. The van der Waals surface area contributed by atoms with E-state index in [-0.39, 0.29) is 37.7 Å². The van der Waals surface area contributed by atoms with Gasteiger partial charge in [-0.25, -0.2) is 8.42 Å². The number of sulfone groups is 1. The first-order valence-electron chi connectivity index (χ1n) is 7.21. The minimum Gasteiger partial charge on any atom is -0.505 e. The lowest BCUT2D eigenvalue weighted by Gasteiger charge is -2.26. The van der Waals surface area contributed by atoms with Gasteiger partial charge in [0, 0.05) is 0 Å². The minimum atomic E-state index is -3.37. The van der Waals surface area contributed by atoms with Crippen LogP contribution in [0.3, 0.4) is 0 Å². The highest BCUT2D eigenvalue weighted by Gasteiger charge is 2.32. The molecule has 0 saturated carbocycles. The van der Waals surface area contributed by atoms with Gasteiger partial charge in [0.15, 0.2) is 9.84 Å². The lowest BCUT2D eigenvalue weighted by molar-refractivity contribution is 0.0932. The summed E-state index contributed by atoms with van der Waals surface area (Å²) < 4.78 is 24.3. The standard InChI is InChI=1S/C16H12Cl3NO4S/c17-9-7-10(18)15(21)13(14(9)19)16(22)20-11-5-6-25(23,24)12-4-2-1-3-8(11)12/h1-4,7,11,21H,5-6H2,(H,20,22). The zero-order valence-electron chi connectivity index (χ0n) is 12.6. The summed E-state index contributed by atoms with van der Waals surface area (Å²) in [5.74, 6) is -1.26. The molecule has 132 valence electrons. The van der Waals surface area contributed by atoms with E-state index in [9.17, 15) is 18.3 Å². The van der Waals surface area contributed by atoms with Crippen molar-refractivity contribution < 1.29 is 18.3 Å². The number of benzene rings is 2. The maximum atomic E-state index is 12.6. The number of aromatic hydroxyl groups is 1. The van der Waals surface area contributed by atoms with Crippen molar-refractivity contribution in [2.45, 2.75) is 17.4 Å². The molecule has 1 aliphatic heterocycles. The van der Waals surface area contributed by atoms with Crippen LogP contribution >= 0.6 is 34.8 Å². The number of fused-ring (bicyclic) bond motifs is 1. The second-order valence-electron chi connectivity index (χ2n) is 5.55. The van der Waals surface area contributed by atoms with Crippen LogP contribution in [0.4, 0.5) is 0 Å². The van der Waals surface area contributed by atoms with Crippen molar-refractivity contribution in [1.29, 1.82) is 0 Å². The van der Waals surface area contributed by atoms with Gasteiger partial charge < -0.3 is 10.4 Å². The van der Waals surface area contributed by atoms with Gasteiger partial charge in [0.2, 0.25) is 0 Å². The van der Waals surface area contributed by atoms with Gasteiger partial charge in [-0.05, 0) is 24.1 Å². The van der Waals surface area contributed by atoms with Crippen LogP contribution in [-0.2, 0) is 9.84 Å². The Bertz CT molecular complexity index is 949. The molecular formula is C16H12Cl3NO4S. The molecule has 0 saturated heterocycles. The van der Waals surface area contributed by atoms with E-state index in [0.717, 1.165) is 0 Å². The first kappa shape index (κ1) is 18.3. The third-order valence-electron chi connectivity index (χ3n) is 3.98. The van der Waals surface area contributed by atoms with E-state index in [2.05, 4.69) is 5.32 Å². The van der Waals surface area contributed by atoms with Crippen molar-refractivity contribution in [2.24, 2.45) is 0 Å². The van der Waals surface area contributed by atoms with E-state index in [1.165, 1.54) is 12.1 Å². The predicted molar refractivity (Wildman–Crippen MR) is 96.5 cm³/mol. The summed E-state index contributed by atoms with van der Waals surface area (Å²) in [7, 11) is -3.37. The van der Waals surface area contributed by atoms with Crippen molar-refractivity contribution in [2.75, 3.05) is 5.75 Å². The lowest BCUT2D eigenvalue weighted by atomic mass is 10.0. The van der Waals surface area contributed by atoms with Crippen LogP contribution in [0.1, 0.15) is 28.4 Å². The van der Waals surface area contributed by atoms with E-state index >= 15 is 0 Å². The Balaban J connectivity index is 1.98. The Hall–Kier alpha value is -1.47. The average Bonchev–Trinajstić information content (AvgIpc) is 2.56. The first-order valence-corrected chi connectivity index (χ1v) is 10.00. The van der Waals surface area contributed by atoms with Crippen LogP contribution in [-0.4, -0.2) is 25.2 Å². The largest absolute Gasteiger partial charge is 0.505 e. The molecule has 1 amide bonds. The van der Waals surface area contributed by atoms with Gasteiger partial charge in [-0.15, -0.1) is 0 Å². The van der Waals surface area contributed by atoms with Crippen molar-refractivity contribution in [1.82, 2.24) is 5.32 Å².